The molecule has 0 N–H and O–H groups in total. The molecule has 0 aliphatic rings. The normalized spacial score (nSPS) is 11.6. The predicted molar refractivity (Wildman–Crippen MR) is 99.6 cm³/mol. The fourth-order valence-corrected chi connectivity index (χ4v) is 3.03. The molecule has 0 heterocycles. The zero-order chi connectivity index (χ0) is 17.0. The highest BCUT2D eigenvalue weighted by atomic mass is 16.2. The molecule has 0 unspecified atom stereocenters. The van der Waals surface area contributed by atoms with Crippen molar-refractivity contribution < 1.29 is 9.28 Å². The molecule has 0 radical (unpaired) electrons. The molecule has 0 fully saturated rings. The van der Waals surface area contributed by atoms with E-state index in [-0.39, 0.29) is 5.91 Å². The van der Waals surface area contributed by atoms with Gasteiger partial charge in [0.1, 0.15) is 0 Å². The molecule has 0 bridgehead atoms. The van der Waals surface area contributed by atoms with Crippen LogP contribution in [0.1, 0.15) is 81.5 Å². The first kappa shape index (κ1) is 19.9. The fourth-order valence-electron chi connectivity index (χ4n) is 3.03. The van der Waals surface area contributed by atoms with Gasteiger partial charge in [0.25, 0.3) is 0 Å². The molecule has 0 saturated carbocycles. The number of benzene rings is 1. The minimum absolute atomic E-state index is 0.224. The van der Waals surface area contributed by atoms with Gasteiger partial charge in [0, 0.05) is 0 Å². The lowest BCUT2D eigenvalue weighted by molar-refractivity contribution is -0.807. The summed E-state index contributed by atoms with van der Waals surface area (Å²) in [6.45, 7) is 3.20. The quantitative estimate of drug-likeness (QED) is 0.350. The van der Waals surface area contributed by atoms with Crippen molar-refractivity contribution in [3.8, 4) is 0 Å². The van der Waals surface area contributed by atoms with Gasteiger partial charge >= 0.3 is 5.91 Å². The number of carbonyl (C=O) groups is 1. The van der Waals surface area contributed by atoms with Crippen molar-refractivity contribution in [2.45, 2.75) is 71.1 Å². The Morgan fingerprint density at radius 2 is 1.26 bits per heavy atom. The van der Waals surface area contributed by atoms with E-state index in [0.717, 1.165) is 18.5 Å². The number of carbonyl (C=O) groups excluding carboxylic acids is 1. The van der Waals surface area contributed by atoms with Gasteiger partial charge in [-0.1, -0.05) is 76.5 Å². The van der Waals surface area contributed by atoms with Gasteiger partial charge in [-0.2, -0.15) is 0 Å². The van der Waals surface area contributed by atoms with Crippen molar-refractivity contribution in [2.24, 2.45) is 0 Å². The number of rotatable bonds is 12. The van der Waals surface area contributed by atoms with Crippen LogP contribution in [0.2, 0.25) is 0 Å². The zero-order valence-electron chi connectivity index (χ0n) is 15.5. The maximum absolute atomic E-state index is 12.5. The lowest BCUT2D eigenvalue weighted by Gasteiger charge is -2.26. The molecule has 2 heteroatoms. The Bertz CT molecular complexity index is 425. The van der Waals surface area contributed by atoms with Gasteiger partial charge in [0.15, 0.2) is 0 Å². The SMILES string of the molecule is CCCCCCCCCCCC[N+](C)(C)C(=O)c1ccccc1. The van der Waals surface area contributed by atoms with E-state index in [0.29, 0.717) is 4.48 Å². The van der Waals surface area contributed by atoms with Crippen molar-refractivity contribution in [2.75, 3.05) is 20.6 Å². The molecule has 0 atom stereocenters. The Kier molecular flexibility index (Phi) is 9.86. The fraction of sp³-hybridized carbons (Fsp3) is 0.667. The summed E-state index contributed by atoms with van der Waals surface area (Å²) in [5.41, 5.74) is 0.824. The molecule has 0 aliphatic heterocycles. The van der Waals surface area contributed by atoms with E-state index < -0.39 is 0 Å². The number of hydrogen-bond donors (Lipinski definition) is 0. The summed E-state index contributed by atoms with van der Waals surface area (Å²) in [6, 6.07) is 9.67. The van der Waals surface area contributed by atoms with Crippen molar-refractivity contribution in [1.29, 1.82) is 0 Å². The average Bonchev–Trinajstić information content (AvgIpc) is 2.56. The van der Waals surface area contributed by atoms with Crippen molar-refractivity contribution >= 4 is 5.91 Å². The van der Waals surface area contributed by atoms with Crippen LogP contribution >= 0.6 is 0 Å². The number of unbranched alkanes of at least 4 members (excludes halogenated alkanes) is 9. The summed E-state index contributed by atoms with van der Waals surface area (Å²) < 4.78 is 0.459. The summed E-state index contributed by atoms with van der Waals surface area (Å²) >= 11 is 0. The predicted octanol–water partition coefficient (Wildman–Crippen LogP) is 5.82. The first-order valence-corrected chi connectivity index (χ1v) is 9.51. The van der Waals surface area contributed by atoms with Crippen LogP contribution in [0.5, 0.6) is 0 Å². The van der Waals surface area contributed by atoms with Crippen LogP contribution in [0, 0.1) is 0 Å². The van der Waals surface area contributed by atoms with Gasteiger partial charge in [-0.25, -0.2) is 4.79 Å². The van der Waals surface area contributed by atoms with Gasteiger partial charge in [-0.3, -0.25) is 4.48 Å². The second kappa shape index (κ2) is 11.4. The summed E-state index contributed by atoms with van der Waals surface area (Å²) in [4.78, 5) is 12.5. The molecule has 23 heavy (non-hydrogen) atoms. The van der Waals surface area contributed by atoms with Crippen LogP contribution in [0.4, 0.5) is 0 Å². The lowest BCUT2D eigenvalue weighted by Crippen LogP contribution is -2.46. The van der Waals surface area contributed by atoms with Crippen molar-refractivity contribution in [3.63, 3.8) is 0 Å². The first-order chi connectivity index (χ1) is 11.1. The molecular formula is C21H36NO+. The molecule has 0 saturated heterocycles. The third-order valence-electron chi connectivity index (χ3n) is 4.64. The van der Waals surface area contributed by atoms with Gasteiger partial charge in [0.2, 0.25) is 0 Å². The van der Waals surface area contributed by atoms with Crippen LogP contribution in [-0.4, -0.2) is 31.0 Å². The largest absolute Gasteiger partial charge is 0.345 e. The molecule has 2 nitrogen and oxygen atoms in total. The summed E-state index contributed by atoms with van der Waals surface area (Å²) in [6.07, 6.45) is 13.4. The first-order valence-electron chi connectivity index (χ1n) is 9.51. The number of amides is 1. The summed E-state index contributed by atoms with van der Waals surface area (Å²) in [5.74, 6) is 0.224. The van der Waals surface area contributed by atoms with Crippen LogP contribution in [0.25, 0.3) is 0 Å². The maximum Gasteiger partial charge on any atom is 0.345 e. The lowest BCUT2D eigenvalue weighted by atomic mass is 10.1. The molecule has 1 amide bonds. The minimum atomic E-state index is 0.224. The maximum atomic E-state index is 12.5. The molecule has 0 aromatic heterocycles. The average molecular weight is 319 g/mol. The topological polar surface area (TPSA) is 17.1 Å². The van der Waals surface area contributed by atoms with Crippen LogP contribution in [0.3, 0.4) is 0 Å². The number of quaternary nitrogens is 1. The molecular weight excluding hydrogens is 282 g/mol. The molecule has 130 valence electrons. The van der Waals surface area contributed by atoms with Crippen LogP contribution < -0.4 is 0 Å². The highest BCUT2D eigenvalue weighted by Gasteiger charge is 2.26. The number of hydrogen-bond acceptors (Lipinski definition) is 1. The molecule has 1 aromatic rings. The highest BCUT2D eigenvalue weighted by molar-refractivity contribution is 5.88. The third-order valence-corrected chi connectivity index (χ3v) is 4.64. The van der Waals surface area contributed by atoms with E-state index in [1.807, 2.05) is 44.4 Å². The van der Waals surface area contributed by atoms with Crippen LogP contribution in [-0.2, 0) is 0 Å². The Morgan fingerprint density at radius 3 is 1.78 bits per heavy atom. The van der Waals surface area contributed by atoms with E-state index in [2.05, 4.69) is 6.92 Å². The Labute approximate surface area is 143 Å². The van der Waals surface area contributed by atoms with E-state index in [9.17, 15) is 4.79 Å². The summed E-state index contributed by atoms with van der Waals surface area (Å²) in [7, 11) is 4.06. The Morgan fingerprint density at radius 1 is 0.783 bits per heavy atom. The zero-order valence-corrected chi connectivity index (χ0v) is 15.5. The molecule has 0 aliphatic carbocycles. The summed E-state index contributed by atoms with van der Waals surface area (Å²) in [5, 5.41) is 0. The second-order valence-corrected chi connectivity index (χ2v) is 7.26. The van der Waals surface area contributed by atoms with E-state index >= 15 is 0 Å². The smallest absolute Gasteiger partial charge is 0.261 e. The Hall–Kier alpha value is -1.15. The molecule has 0 spiro atoms. The number of nitrogens with zero attached hydrogens (tertiary/aromatic N) is 1. The Balaban J connectivity index is 2.11. The van der Waals surface area contributed by atoms with Crippen molar-refractivity contribution in [1.82, 2.24) is 0 Å². The van der Waals surface area contributed by atoms with Gasteiger partial charge < -0.3 is 0 Å². The molecule has 1 rings (SSSR count). The monoisotopic (exact) mass is 318 g/mol. The van der Waals surface area contributed by atoms with Gasteiger partial charge in [-0.15, -0.1) is 0 Å². The van der Waals surface area contributed by atoms with E-state index in [1.165, 1.54) is 57.8 Å². The van der Waals surface area contributed by atoms with E-state index in [4.69, 9.17) is 0 Å². The van der Waals surface area contributed by atoms with Gasteiger partial charge in [-0.05, 0) is 25.0 Å². The van der Waals surface area contributed by atoms with Crippen molar-refractivity contribution in [3.05, 3.63) is 35.9 Å². The highest BCUT2D eigenvalue weighted by Crippen LogP contribution is 2.14. The molecule has 1 aromatic carbocycles. The standard InChI is InChI=1S/C21H36NO/c1-4-5-6-7-8-9-10-11-12-16-19-22(2,3)21(23)20-17-14-13-15-18-20/h13-15,17-18H,4-12,16,19H2,1-3H3/q+1. The minimum Gasteiger partial charge on any atom is -0.261 e. The van der Waals surface area contributed by atoms with Gasteiger partial charge in [0.05, 0.1) is 26.2 Å². The third kappa shape index (κ3) is 8.31. The second-order valence-electron chi connectivity index (χ2n) is 7.26. The van der Waals surface area contributed by atoms with Crippen LogP contribution in [0.15, 0.2) is 30.3 Å². The van der Waals surface area contributed by atoms with E-state index in [1.54, 1.807) is 0 Å².